The molecular weight excluding hydrogens is 372 g/mol. The summed E-state index contributed by atoms with van der Waals surface area (Å²) in [5, 5.41) is 37.2. The van der Waals surface area contributed by atoms with Gasteiger partial charge in [-0.15, -0.1) is 0 Å². The molecule has 0 atom stereocenters. The molecule has 2 rings (SSSR count). The van der Waals surface area contributed by atoms with Crippen LogP contribution in [0.25, 0.3) is 11.1 Å². The third-order valence-corrected chi connectivity index (χ3v) is 4.42. The summed E-state index contributed by atoms with van der Waals surface area (Å²) >= 11 is 0. The van der Waals surface area contributed by atoms with Crippen LogP contribution in [0.1, 0.15) is 22.3 Å². The first-order chi connectivity index (χ1) is 14.5. The highest BCUT2D eigenvalue weighted by molar-refractivity contribution is 6.01. The monoisotopic (exact) mass is 390 g/mol. The Morgan fingerprint density at radius 2 is 1.20 bits per heavy atom. The fourth-order valence-corrected chi connectivity index (χ4v) is 2.88. The molecule has 0 heterocycles. The zero-order valence-corrected chi connectivity index (χ0v) is 16.9. The van der Waals surface area contributed by atoms with E-state index in [-0.39, 0.29) is 11.1 Å². The maximum absolute atomic E-state index is 9.32. The van der Waals surface area contributed by atoms with E-state index in [1.807, 2.05) is 74.5 Å². The molecule has 0 spiro atoms. The van der Waals surface area contributed by atoms with Crippen LogP contribution in [0.5, 0.6) is 5.75 Å². The van der Waals surface area contributed by atoms with E-state index in [2.05, 4.69) is 0 Å². The van der Waals surface area contributed by atoms with E-state index in [0.29, 0.717) is 16.9 Å². The van der Waals surface area contributed by atoms with Gasteiger partial charge in [0.2, 0.25) is 0 Å². The fraction of sp³-hybridized carbons (Fsp3) is 0.120. The van der Waals surface area contributed by atoms with Crippen molar-refractivity contribution < 1.29 is 4.74 Å². The number of hydrogen-bond donors (Lipinski definition) is 0. The van der Waals surface area contributed by atoms with E-state index in [0.717, 1.165) is 22.3 Å². The van der Waals surface area contributed by atoms with Crippen molar-refractivity contribution in [2.45, 2.75) is 13.8 Å². The minimum atomic E-state index is -0.0908. The van der Waals surface area contributed by atoms with Crippen LogP contribution in [-0.4, -0.2) is 7.11 Å². The van der Waals surface area contributed by atoms with Crippen LogP contribution in [0, 0.1) is 59.2 Å². The molecule has 2 aromatic carbocycles. The number of nitrogens with zero attached hydrogens (tertiary/aromatic N) is 4. The third kappa shape index (κ3) is 5.02. The third-order valence-electron chi connectivity index (χ3n) is 4.42. The molecule has 0 amide bonds. The number of aryl methyl sites for hydroxylation is 2. The summed E-state index contributed by atoms with van der Waals surface area (Å²) in [6.45, 7) is 3.84. The van der Waals surface area contributed by atoms with E-state index in [1.165, 1.54) is 12.2 Å². The minimum absolute atomic E-state index is 0.0860. The largest absolute Gasteiger partial charge is 0.496 e. The second-order valence-corrected chi connectivity index (χ2v) is 6.44. The molecule has 0 bridgehead atoms. The summed E-state index contributed by atoms with van der Waals surface area (Å²) in [6, 6.07) is 20.6. The number of methoxy groups -OCH3 is 1. The first-order valence-corrected chi connectivity index (χ1v) is 8.97. The van der Waals surface area contributed by atoms with Gasteiger partial charge in [0.25, 0.3) is 0 Å². The second-order valence-electron chi connectivity index (χ2n) is 6.44. The highest BCUT2D eigenvalue weighted by Crippen LogP contribution is 2.33. The van der Waals surface area contributed by atoms with Gasteiger partial charge in [-0.1, -0.05) is 35.9 Å². The SMILES string of the molecule is COc1ccc(/C(C=C(C#N)C#N)=C(\C=C(C#N)C#N)c2ccc(C)cc2)cc1C. The van der Waals surface area contributed by atoms with Gasteiger partial charge >= 0.3 is 0 Å². The van der Waals surface area contributed by atoms with E-state index in [1.54, 1.807) is 13.2 Å². The molecule has 0 aliphatic carbocycles. The molecular formula is C25H18N4O. The Bertz CT molecular complexity index is 1190. The van der Waals surface area contributed by atoms with E-state index >= 15 is 0 Å². The number of benzene rings is 2. The van der Waals surface area contributed by atoms with Gasteiger partial charge in [-0.3, -0.25) is 0 Å². The van der Waals surface area contributed by atoms with Crippen molar-refractivity contribution in [2.75, 3.05) is 7.11 Å². The van der Waals surface area contributed by atoms with Crippen molar-refractivity contribution in [3.05, 3.63) is 88.0 Å². The number of nitriles is 4. The highest BCUT2D eigenvalue weighted by Gasteiger charge is 2.13. The molecule has 0 aliphatic heterocycles. The van der Waals surface area contributed by atoms with Crippen LogP contribution in [0.2, 0.25) is 0 Å². The molecule has 0 radical (unpaired) electrons. The van der Waals surface area contributed by atoms with Crippen molar-refractivity contribution >= 4 is 11.1 Å². The van der Waals surface area contributed by atoms with Crippen molar-refractivity contribution in [3.8, 4) is 30.0 Å². The van der Waals surface area contributed by atoms with Crippen molar-refractivity contribution in [1.29, 1.82) is 21.0 Å². The Balaban J connectivity index is 2.98. The van der Waals surface area contributed by atoms with Gasteiger partial charge in [-0.2, -0.15) is 21.0 Å². The Morgan fingerprint density at radius 1 is 0.733 bits per heavy atom. The topological polar surface area (TPSA) is 104 Å². The Morgan fingerprint density at radius 3 is 1.63 bits per heavy atom. The van der Waals surface area contributed by atoms with Crippen molar-refractivity contribution in [3.63, 3.8) is 0 Å². The van der Waals surface area contributed by atoms with Gasteiger partial charge in [-0.05, 0) is 66.0 Å². The maximum Gasteiger partial charge on any atom is 0.130 e. The van der Waals surface area contributed by atoms with Crippen LogP contribution in [0.4, 0.5) is 0 Å². The maximum atomic E-state index is 9.32. The summed E-state index contributed by atoms with van der Waals surface area (Å²) < 4.78 is 5.33. The molecule has 5 heteroatoms. The molecule has 0 aromatic heterocycles. The zero-order valence-electron chi connectivity index (χ0n) is 16.9. The fourth-order valence-electron chi connectivity index (χ4n) is 2.88. The van der Waals surface area contributed by atoms with Crippen LogP contribution in [0.3, 0.4) is 0 Å². The lowest BCUT2D eigenvalue weighted by molar-refractivity contribution is 0.411. The van der Waals surface area contributed by atoms with Crippen molar-refractivity contribution in [2.24, 2.45) is 0 Å². The predicted octanol–water partition coefficient (Wildman–Crippen LogP) is 5.17. The Hall–Kier alpha value is -4.58. The molecule has 2 aromatic rings. The summed E-state index contributed by atoms with van der Waals surface area (Å²) in [4.78, 5) is 0. The number of rotatable bonds is 5. The van der Waals surface area contributed by atoms with E-state index in [9.17, 15) is 21.0 Å². The molecule has 0 aliphatic rings. The van der Waals surface area contributed by atoms with Crippen LogP contribution in [0.15, 0.2) is 65.8 Å². The second kappa shape index (κ2) is 10.1. The quantitative estimate of drug-likeness (QED) is 0.398. The lowest BCUT2D eigenvalue weighted by atomic mass is 9.90. The molecule has 30 heavy (non-hydrogen) atoms. The number of ether oxygens (including phenoxy) is 1. The number of hydrogen-bond acceptors (Lipinski definition) is 5. The average molecular weight is 390 g/mol. The van der Waals surface area contributed by atoms with Crippen LogP contribution >= 0.6 is 0 Å². The summed E-state index contributed by atoms with van der Waals surface area (Å²) in [7, 11) is 1.58. The predicted molar refractivity (Wildman–Crippen MR) is 114 cm³/mol. The van der Waals surface area contributed by atoms with Gasteiger partial charge in [-0.25, -0.2) is 0 Å². The van der Waals surface area contributed by atoms with Crippen LogP contribution < -0.4 is 4.74 Å². The van der Waals surface area contributed by atoms with Crippen LogP contribution in [-0.2, 0) is 0 Å². The minimum Gasteiger partial charge on any atom is -0.496 e. The number of allylic oxidation sites excluding steroid dienone is 6. The normalized spacial score (nSPS) is 10.2. The van der Waals surface area contributed by atoms with Crippen molar-refractivity contribution in [1.82, 2.24) is 0 Å². The van der Waals surface area contributed by atoms with Gasteiger partial charge < -0.3 is 4.74 Å². The first kappa shape index (κ1) is 21.7. The van der Waals surface area contributed by atoms with Gasteiger partial charge in [0.15, 0.2) is 0 Å². The summed E-state index contributed by atoms with van der Waals surface area (Å²) in [6.07, 6.45) is 2.95. The lowest BCUT2D eigenvalue weighted by Gasteiger charge is -2.13. The molecule has 0 unspecified atom stereocenters. The van der Waals surface area contributed by atoms with Gasteiger partial charge in [0, 0.05) is 0 Å². The molecule has 0 saturated heterocycles. The molecule has 0 saturated carbocycles. The standard InChI is InChI=1S/C25H18N4O/c1-17-4-6-21(7-5-17)23(11-19(13-26)14-27)24(12-20(15-28)16-29)22-8-9-25(30-3)18(2)10-22/h4-12H,1-3H3/b24-23+. The zero-order chi connectivity index (χ0) is 22.1. The molecule has 5 nitrogen and oxygen atoms in total. The smallest absolute Gasteiger partial charge is 0.130 e. The molecule has 0 N–H and O–H groups in total. The van der Waals surface area contributed by atoms with Gasteiger partial charge in [0.1, 0.15) is 41.2 Å². The Kier molecular flexibility index (Phi) is 7.31. The lowest BCUT2D eigenvalue weighted by Crippen LogP contribution is -1.94. The summed E-state index contributed by atoms with van der Waals surface area (Å²) in [5.74, 6) is 0.699. The Labute approximate surface area is 176 Å². The summed E-state index contributed by atoms with van der Waals surface area (Å²) in [5.41, 5.74) is 4.31. The van der Waals surface area contributed by atoms with E-state index in [4.69, 9.17) is 4.74 Å². The first-order valence-electron chi connectivity index (χ1n) is 8.97. The average Bonchev–Trinajstić information content (AvgIpc) is 2.77. The molecule has 0 fully saturated rings. The highest BCUT2D eigenvalue weighted by atomic mass is 16.5. The van der Waals surface area contributed by atoms with E-state index < -0.39 is 0 Å². The van der Waals surface area contributed by atoms with Gasteiger partial charge in [0.05, 0.1) is 7.11 Å². The molecule has 144 valence electrons.